The van der Waals surface area contributed by atoms with E-state index in [0.29, 0.717) is 11.6 Å². The molecule has 5 heteroatoms. The highest BCUT2D eigenvalue weighted by atomic mass is 35.5. The normalized spacial score (nSPS) is 17.0. The van der Waals surface area contributed by atoms with Crippen molar-refractivity contribution in [3.8, 4) is 0 Å². The molecule has 0 radical (unpaired) electrons. The fourth-order valence-corrected chi connectivity index (χ4v) is 3.85. The molecule has 0 spiro atoms. The number of hydrogen-bond acceptors (Lipinski definition) is 3. The number of aliphatic hydroxyl groups excluding tert-OH is 1. The molecule has 0 aliphatic carbocycles. The zero-order chi connectivity index (χ0) is 20.1. The van der Waals surface area contributed by atoms with Crippen LogP contribution in [0, 0.1) is 0 Å². The summed E-state index contributed by atoms with van der Waals surface area (Å²) in [6.45, 7) is 6.41. The quantitative estimate of drug-likeness (QED) is 0.637. The van der Waals surface area contributed by atoms with Crippen LogP contribution in [0.1, 0.15) is 37.5 Å². The number of halogens is 2. The number of aliphatic hydroxyl groups is 1. The molecular formula is C23H26Cl2N2O. The smallest absolute Gasteiger partial charge is 0.0917 e. The van der Waals surface area contributed by atoms with Crippen LogP contribution in [0.4, 0.5) is 0 Å². The van der Waals surface area contributed by atoms with Crippen LogP contribution in [0.2, 0.25) is 10.0 Å². The fraction of sp³-hybridized carbons (Fsp3) is 0.304. The first kappa shape index (κ1) is 20.9. The molecule has 148 valence electrons. The van der Waals surface area contributed by atoms with Crippen molar-refractivity contribution in [3.63, 3.8) is 0 Å². The summed E-state index contributed by atoms with van der Waals surface area (Å²) >= 11 is 12.4. The van der Waals surface area contributed by atoms with Gasteiger partial charge in [0.1, 0.15) is 0 Å². The first-order valence-corrected chi connectivity index (χ1v) is 10.3. The third kappa shape index (κ3) is 5.18. The number of benzene rings is 2. The van der Waals surface area contributed by atoms with Gasteiger partial charge in [-0.15, -0.1) is 0 Å². The highest BCUT2D eigenvalue weighted by Gasteiger charge is 2.21. The second-order valence-corrected chi connectivity index (χ2v) is 7.97. The number of β-amino-alcohol motifs (C(OH)–C–C–N with tert-alkyl or cyclic N) is 1. The molecule has 0 saturated carbocycles. The van der Waals surface area contributed by atoms with Gasteiger partial charge in [-0.05, 0) is 44.0 Å². The van der Waals surface area contributed by atoms with Crippen molar-refractivity contribution in [2.45, 2.75) is 26.4 Å². The Morgan fingerprint density at radius 3 is 2.71 bits per heavy atom. The van der Waals surface area contributed by atoms with Crippen molar-refractivity contribution < 1.29 is 5.11 Å². The zero-order valence-electron chi connectivity index (χ0n) is 16.3. The van der Waals surface area contributed by atoms with Gasteiger partial charge in [0.15, 0.2) is 0 Å². The van der Waals surface area contributed by atoms with Crippen LogP contribution < -0.4 is 5.32 Å². The lowest BCUT2D eigenvalue weighted by Gasteiger charge is -2.32. The summed E-state index contributed by atoms with van der Waals surface area (Å²) in [7, 11) is 0. The maximum absolute atomic E-state index is 10.6. The van der Waals surface area contributed by atoms with Crippen LogP contribution in [0.15, 0.2) is 65.9 Å². The Hall–Kier alpha value is -1.78. The fourth-order valence-electron chi connectivity index (χ4n) is 3.42. The highest BCUT2D eigenvalue weighted by molar-refractivity contribution is 6.32. The largest absolute Gasteiger partial charge is 0.387 e. The summed E-state index contributed by atoms with van der Waals surface area (Å²) < 4.78 is 0. The maximum Gasteiger partial charge on any atom is 0.0917 e. The van der Waals surface area contributed by atoms with E-state index in [2.05, 4.69) is 17.1 Å². The van der Waals surface area contributed by atoms with Gasteiger partial charge in [0, 0.05) is 46.6 Å². The lowest BCUT2D eigenvalue weighted by Crippen LogP contribution is -2.38. The molecule has 2 aromatic carbocycles. The van der Waals surface area contributed by atoms with Gasteiger partial charge in [-0.1, -0.05) is 65.2 Å². The molecule has 3 rings (SSSR count). The van der Waals surface area contributed by atoms with Crippen molar-refractivity contribution in [1.82, 2.24) is 10.2 Å². The summed E-state index contributed by atoms with van der Waals surface area (Å²) in [6.07, 6.45) is 2.44. The van der Waals surface area contributed by atoms with Crippen molar-refractivity contribution in [2.24, 2.45) is 0 Å². The second kappa shape index (κ2) is 9.62. The monoisotopic (exact) mass is 416 g/mol. The van der Waals surface area contributed by atoms with Crippen LogP contribution in [0.25, 0.3) is 5.70 Å². The molecule has 3 nitrogen and oxygen atoms in total. The summed E-state index contributed by atoms with van der Waals surface area (Å²) in [5.41, 5.74) is 5.33. The summed E-state index contributed by atoms with van der Waals surface area (Å²) in [5.74, 6) is 0. The van der Waals surface area contributed by atoms with E-state index < -0.39 is 6.10 Å². The summed E-state index contributed by atoms with van der Waals surface area (Å²) in [4.78, 5) is 2.26. The molecule has 0 amide bonds. The highest BCUT2D eigenvalue weighted by Crippen LogP contribution is 2.26. The third-order valence-corrected chi connectivity index (χ3v) is 5.67. The Balaban J connectivity index is 1.70. The van der Waals surface area contributed by atoms with E-state index in [4.69, 9.17) is 23.2 Å². The van der Waals surface area contributed by atoms with Gasteiger partial charge in [-0.3, -0.25) is 4.90 Å². The van der Waals surface area contributed by atoms with Crippen LogP contribution in [-0.4, -0.2) is 29.6 Å². The Morgan fingerprint density at radius 2 is 2.00 bits per heavy atom. The molecular weight excluding hydrogens is 391 g/mol. The molecule has 28 heavy (non-hydrogen) atoms. The van der Waals surface area contributed by atoms with Crippen molar-refractivity contribution in [3.05, 3.63) is 87.0 Å². The molecule has 0 fully saturated rings. The lowest BCUT2D eigenvalue weighted by atomic mass is 10.0. The molecule has 0 saturated heterocycles. The van der Waals surface area contributed by atoms with Gasteiger partial charge in [0.05, 0.1) is 6.10 Å². The van der Waals surface area contributed by atoms with E-state index in [9.17, 15) is 5.11 Å². The zero-order valence-corrected chi connectivity index (χ0v) is 17.8. The predicted molar refractivity (Wildman–Crippen MR) is 118 cm³/mol. The lowest BCUT2D eigenvalue weighted by molar-refractivity contribution is 0.115. The van der Waals surface area contributed by atoms with Crippen LogP contribution in [-0.2, 0) is 0 Å². The SMILES string of the molecule is C/C=C(\NC1=C(C)CCN(CC(O)c2cccc(Cl)c2)C1)c1ccccc1Cl. The van der Waals surface area contributed by atoms with E-state index in [0.717, 1.165) is 47.1 Å². The molecule has 0 aromatic heterocycles. The molecule has 1 aliphatic heterocycles. The average Bonchev–Trinajstić information content (AvgIpc) is 2.69. The Labute approximate surface area is 177 Å². The summed E-state index contributed by atoms with van der Waals surface area (Å²) in [5, 5.41) is 15.6. The van der Waals surface area contributed by atoms with Crippen LogP contribution in [0.5, 0.6) is 0 Å². The third-order valence-electron chi connectivity index (χ3n) is 5.10. The molecule has 0 bridgehead atoms. The number of rotatable bonds is 6. The molecule has 1 heterocycles. The Kier molecular flexibility index (Phi) is 7.19. The topological polar surface area (TPSA) is 35.5 Å². The van der Waals surface area contributed by atoms with Crippen molar-refractivity contribution >= 4 is 28.9 Å². The van der Waals surface area contributed by atoms with E-state index >= 15 is 0 Å². The van der Waals surface area contributed by atoms with Gasteiger partial charge in [0.25, 0.3) is 0 Å². The second-order valence-electron chi connectivity index (χ2n) is 7.12. The minimum Gasteiger partial charge on any atom is -0.387 e. The number of allylic oxidation sites excluding steroid dienone is 1. The van der Waals surface area contributed by atoms with Gasteiger partial charge in [-0.2, -0.15) is 0 Å². The van der Waals surface area contributed by atoms with Crippen molar-refractivity contribution in [1.29, 1.82) is 0 Å². The molecule has 1 unspecified atom stereocenters. The number of hydrogen-bond donors (Lipinski definition) is 2. The summed E-state index contributed by atoms with van der Waals surface area (Å²) in [6, 6.07) is 15.3. The van der Waals surface area contributed by atoms with Gasteiger partial charge in [-0.25, -0.2) is 0 Å². The minimum atomic E-state index is -0.567. The van der Waals surface area contributed by atoms with E-state index in [-0.39, 0.29) is 0 Å². The predicted octanol–water partition coefficient (Wildman–Crippen LogP) is 5.66. The van der Waals surface area contributed by atoms with E-state index in [1.165, 1.54) is 5.57 Å². The first-order valence-electron chi connectivity index (χ1n) is 9.50. The van der Waals surface area contributed by atoms with Gasteiger partial charge in [0.2, 0.25) is 0 Å². The van der Waals surface area contributed by atoms with E-state index in [1.807, 2.05) is 61.5 Å². The van der Waals surface area contributed by atoms with E-state index in [1.54, 1.807) is 0 Å². The number of nitrogens with zero attached hydrogens (tertiary/aromatic N) is 1. The Morgan fingerprint density at radius 1 is 1.21 bits per heavy atom. The van der Waals surface area contributed by atoms with Gasteiger partial charge < -0.3 is 10.4 Å². The van der Waals surface area contributed by atoms with Crippen molar-refractivity contribution in [2.75, 3.05) is 19.6 Å². The molecule has 1 aliphatic rings. The first-order chi connectivity index (χ1) is 13.5. The number of nitrogens with one attached hydrogen (secondary N) is 1. The standard InChI is InChI=1S/C23H26Cl2N2O/c1-3-21(19-9-4-5-10-20(19)25)26-22-14-27(12-11-16(22)2)15-23(28)17-7-6-8-18(24)13-17/h3-10,13,23,26,28H,11-12,14-15H2,1-2H3/b21-3-. The Bertz CT molecular complexity index is 892. The van der Waals surface area contributed by atoms with Crippen LogP contribution in [0.3, 0.4) is 0 Å². The minimum absolute atomic E-state index is 0.566. The van der Waals surface area contributed by atoms with Gasteiger partial charge >= 0.3 is 0 Å². The molecule has 2 N–H and O–H groups in total. The molecule has 2 aromatic rings. The maximum atomic E-state index is 10.6. The molecule has 1 atom stereocenters. The average molecular weight is 417 g/mol. The van der Waals surface area contributed by atoms with Crippen LogP contribution >= 0.6 is 23.2 Å².